The zero-order chi connectivity index (χ0) is 23.8. The van der Waals surface area contributed by atoms with Gasteiger partial charge in [-0.3, -0.25) is 4.79 Å². The van der Waals surface area contributed by atoms with Gasteiger partial charge in [0.05, 0.1) is 16.6 Å². The lowest BCUT2D eigenvalue weighted by atomic mass is 10.1. The molecule has 1 aromatic carbocycles. The van der Waals surface area contributed by atoms with E-state index in [1.807, 2.05) is 44.5 Å². The van der Waals surface area contributed by atoms with E-state index in [-0.39, 0.29) is 11.8 Å². The Balaban J connectivity index is 1.67. The van der Waals surface area contributed by atoms with E-state index < -0.39 is 11.7 Å². The lowest BCUT2D eigenvalue weighted by Gasteiger charge is -2.23. The summed E-state index contributed by atoms with van der Waals surface area (Å²) in [7, 11) is 0. The Hall–Kier alpha value is -2.14. The van der Waals surface area contributed by atoms with Gasteiger partial charge in [0.25, 0.3) is 5.56 Å². The lowest BCUT2D eigenvalue weighted by molar-refractivity contribution is -0.0402. The minimum Gasteiger partial charge on any atom is -0.444 e. The van der Waals surface area contributed by atoms with E-state index in [0.29, 0.717) is 31.5 Å². The number of aryl methyl sites for hydroxylation is 2. The molecule has 0 spiro atoms. The van der Waals surface area contributed by atoms with Crippen LogP contribution in [0.3, 0.4) is 0 Å². The zero-order valence-electron chi connectivity index (χ0n) is 19.6. The molecule has 3 heterocycles. The van der Waals surface area contributed by atoms with Gasteiger partial charge in [-0.15, -0.1) is 0 Å². The molecule has 1 unspecified atom stereocenters. The molecule has 8 nitrogen and oxygen atoms in total. The second-order valence-corrected chi connectivity index (χ2v) is 10.7. The Morgan fingerprint density at radius 2 is 2.12 bits per heavy atom. The number of nitrogens with one attached hydrogen (secondary N) is 1. The van der Waals surface area contributed by atoms with Gasteiger partial charge in [0, 0.05) is 28.7 Å². The molecule has 33 heavy (non-hydrogen) atoms. The SMILES string of the molecule is Cc1c2c(=O)n(CCCNC(=O)OC(C)(C)C)c3ccc(I)cc3c2nn1C1CCCCO1. The maximum Gasteiger partial charge on any atom is 0.407 e. The number of alkyl carbamates (subject to hydrolysis) is 1. The molecule has 3 aromatic rings. The summed E-state index contributed by atoms with van der Waals surface area (Å²) in [5.74, 6) is 0. The van der Waals surface area contributed by atoms with Crippen LogP contribution < -0.4 is 10.9 Å². The molecule has 1 saturated heterocycles. The van der Waals surface area contributed by atoms with E-state index in [2.05, 4.69) is 34.0 Å². The predicted molar refractivity (Wildman–Crippen MR) is 137 cm³/mol. The quantitative estimate of drug-likeness (QED) is 0.352. The number of amides is 1. The van der Waals surface area contributed by atoms with Gasteiger partial charge in [-0.2, -0.15) is 5.10 Å². The number of pyridine rings is 1. The van der Waals surface area contributed by atoms with Crippen LogP contribution in [0.25, 0.3) is 21.8 Å². The number of carbonyl (C=O) groups is 1. The summed E-state index contributed by atoms with van der Waals surface area (Å²) in [5, 5.41) is 9.22. The molecule has 1 amide bonds. The number of rotatable bonds is 5. The summed E-state index contributed by atoms with van der Waals surface area (Å²) < 4.78 is 16.0. The number of aromatic nitrogens is 3. The smallest absolute Gasteiger partial charge is 0.407 e. The summed E-state index contributed by atoms with van der Waals surface area (Å²) in [5.41, 5.74) is 1.81. The van der Waals surface area contributed by atoms with E-state index in [0.717, 1.165) is 44.9 Å². The van der Waals surface area contributed by atoms with Crippen LogP contribution in [0.4, 0.5) is 4.79 Å². The molecule has 9 heteroatoms. The fraction of sp³-hybridized carbons (Fsp3) is 0.542. The Kier molecular flexibility index (Phi) is 6.99. The maximum atomic E-state index is 13.6. The third-order valence-electron chi connectivity index (χ3n) is 5.77. The van der Waals surface area contributed by atoms with Gasteiger partial charge in [-0.05, 0) is 94.2 Å². The van der Waals surface area contributed by atoms with Crippen LogP contribution in [-0.4, -0.2) is 39.2 Å². The summed E-state index contributed by atoms with van der Waals surface area (Å²) in [6.45, 7) is 9.05. The highest BCUT2D eigenvalue weighted by molar-refractivity contribution is 14.1. The van der Waals surface area contributed by atoms with Crippen molar-refractivity contribution >= 4 is 50.5 Å². The zero-order valence-corrected chi connectivity index (χ0v) is 21.8. The number of fused-ring (bicyclic) bond motifs is 3. The van der Waals surface area contributed by atoms with Crippen LogP contribution in [0.2, 0.25) is 0 Å². The highest BCUT2D eigenvalue weighted by atomic mass is 127. The van der Waals surface area contributed by atoms with Crippen molar-refractivity contribution < 1.29 is 14.3 Å². The van der Waals surface area contributed by atoms with Crippen LogP contribution >= 0.6 is 22.6 Å². The summed E-state index contributed by atoms with van der Waals surface area (Å²) in [6, 6.07) is 6.05. The van der Waals surface area contributed by atoms with E-state index >= 15 is 0 Å². The number of hydrogen-bond acceptors (Lipinski definition) is 5. The second-order valence-electron chi connectivity index (χ2n) is 9.48. The van der Waals surface area contributed by atoms with Crippen molar-refractivity contribution in [2.75, 3.05) is 13.2 Å². The average Bonchev–Trinajstić information content (AvgIpc) is 3.10. The molecule has 2 aromatic heterocycles. The van der Waals surface area contributed by atoms with E-state index in [4.69, 9.17) is 14.6 Å². The molecule has 1 atom stereocenters. The first kappa shape index (κ1) is 24.0. The molecule has 0 radical (unpaired) electrons. The van der Waals surface area contributed by atoms with Crippen molar-refractivity contribution in [2.24, 2.45) is 0 Å². The summed E-state index contributed by atoms with van der Waals surface area (Å²) in [6.07, 6.45) is 3.07. The largest absolute Gasteiger partial charge is 0.444 e. The number of nitrogens with zero attached hydrogens (tertiary/aromatic N) is 3. The Labute approximate surface area is 206 Å². The van der Waals surface area contributed by atoms with Gasteiger partial charge in [0.1, 0.15) is 17.3 Å². The van der Waals surface area contributed by atoms with Crippen LogP contribution in [0, 0.1) is 10.5 Å². The van der Waals surface area contributed by atoms with Gasteiger partial charge >= 0.3 is 6.09 Å². The molecule has 178 valence electrons. The van der Waals surface area contributed by atoms with Crippen molar-refractivity contribution in [1.82, 2.24) is 19.7 Å². The Morgan fingerprint density at radius 3 is 2.82 bits per heavy atom. The van der Waals surface area contributed by atoms with Gasteiger partial charge in [0.15, 0.2) is 0 Å². The molecule has 0 bridgehead atoms. The highest BCUT2D eigenvalue weighted by Crippen LogP contribution is 2.30. The first-order chi connectivity index (χ1) is 15.7. The maximum absolute atomic E-state index is 13.6. The van der Waals surface area contributed by atoms with E-state index in [1.54, 1.807) is 4.57 Å². The van der Waals surface area contributed by atoms with Crippen molar-refractivity contribution in [3.05, 3.63) is 37.8 Å². The van der Waals surface area contributed by atoms with Crippen LogP contribution in [0.1, 0.15) is 58.4 Å². The fourth-order valence-corrected chi connectivity index (χ4v) is 4.79. The number of carbonyl (C=O) groups excluding carboxylic acids is 1. The monoisotopic (exact) mass is 566 g/mol. The number of benzene rings is 1. The number of ether oxygens (including phenoxy) is 2. The number of halogens is 1. The molecule has 0 aliphatic carbocycles. The third kappa shape index (κ3) is 5.18. The molecular weight excluding hydrogens is 535 g/mol. The summed E-state index contributed by atoms with van der Waals surface area (Å²) >= 11 is 2.28. The van der Waals surface area contributed by atoms with E-state index in [9.17, 15) is 9.59 Å². The first-order valence-electron chi connectivity index (χ1n) is 11.4. The standard InChI is InChI=1S/C24H31IN4O4/c1-15-20-21(27-29(15)19-8-5-6-13-32-19)17-14-16(25)9-10-18(17)28(22(20)30)12-7-11-26-23(31)33-24(2,3)4/h9-10,14,19H,5-8,11-13H2,1-4H3,(H,26,31). The van der Waals surface area contributed by atoms with Gasteiger partial charge in [-0.25, -0.2) is 9.48 Å². The highest BCUT2D eigenvalue weighted by Gasteiger charge is 2.24. The molecule has 1 aliphatic heterocycles. The first-order valence-corrected chi connectivity index (χ1v) is 12.5. The fourth-order valence-electron chi connectivity index (χ4n) is 4.30. The normalized spacial score (nSPS) is 16.9. The second kappa shape index (κ2) is 9.61. The topological polar surface area (TPSA) is 87.4 Å². The minimum absolute atomic E-state index is 0.0597. The van der Waals surface area contributed by atoms with Crippen LogP contribution in [0.15, 0.2) is 23.0 Å². The number of hydrogen-bond donors (Lipinski definition) is 1. The third-order valence-corrected chi connectivity index (χ3v) is 6.44. The van der Waals surface area contributed by atoms with Gasteiger partial charge in [0.2, 0.25) is 0 Å². The molecular formula is C24H31IN4O4. The van der Waals surface area contributed by atoms with Crippen LogP contribution in [-0.2, 0) is 16.0 Å². The Bertz CT molecular complexity index is 1240. The van der Waals surface area contributed by atoms with Crippen LogP contribution in [0.5, 0.6) is 0 Å². The molecule has 0 saturated carbocycles. The van der Waals surface area contributed by atoms with Crippen molar-refractivity contribution in [2.45, 2.75) is 71.8 Å². The molecule has 1 fully saturated rings. The molecule has 4 rings (SSSR count). The van der Waals surface area contributed by atoms with Crippen molar-refractivity contribution in [3.63, 3.8) is 0 Å². The lowest BCUT2D eigenvalue weighted by Crippen LogP contribution is -2.33. The van der Waals surface area contributed by atoms with Gasteiger partial charge < -0.3 is 19.4 Å². The van der Waals surface area contributed by atoms with Gasteiger partial charge in [-0.1, -0.05) is 0 Å². The molecule has 1 N–H and O–H groups in total. The van der Waals surface area contributed by atoms with Crippen molar-refractivity contribution in [3.8, 4) is 0 Å². The van der Waals surface area contributed by atoms with E-state index in [1.165, 1.54) is 0 Å². The molecule has 1 aliphatic rings. The average molecular weight is 566 g/mol. The Morgan fingerprint density at radius 1 is 1.33 bits per heavy atom. The van der Waals surface area contributed by atoms with Crippen molar-refractivity contribution in [1.29, 1.82) is 0 Å². The predicted octanol–water partition coefficient (Wildman–Crippen LogP) is 4.88. The minimum atomic E-state index is -0.543. The summed E-state index contributed by atoms with van der Waals surface area (Å²) in [4.78, 5) is 25.5.